The Morgan fingerprint density at radius 1 is 1.11 bits per heavy atom. The Hall–Kier alpha value is -2.73. The molecular formula is C21H20ClNO5. The number of hydrogen-bond acceptors (Lipinski definition) is 6. The van der Waals surface area contributed by atoms with E-state index in [0.717, 1.165) is 0 Å². The monoisotopic (exact) mass is 401 g/mol. The van der Waals surface area contributed by atoms with Gasteiger partial charge in [0.05, 0.1) is 13.2 Å². The molecule has 1 aliphatic rings. The molecule has 0 bridgehead atoms. The fourth-order valence-electron chi connectivity index (χ4n) is 3.79. The highest BCUT2D eigenvalue weighted by Gasteiger charge is 2.61. The first-order valence-corrected chi connectivity index (χ1v) is 9.43. The van der Waals surface area contributed by atoms with Gasteiger partial charge < -0.3 is 9.47 Å². The van der Waals surface area contributed by atoms with Crippen LogP contribution in [0.25, 0.3) is 0 Å². The number of halogens is 1. The Balaban J connectivity index is 2.37. The quantitative estimate of drug-likeness (QED) is 0.433. The van der Waals surface area contributed by atoms with Gasteiger partial charge in [0.1, 0.15) is 5.15 Å². The van der Waals surface area contributed by atoms with Gasteiger partial charge in [-0.25, -0.2) is 4.98 Å². The summed E-state index contributed by atoms with van der Waals surface area (Å²) in [5.74, 6) is -2.62. The third kappa shape index (κ3) is 3.07. The van der Waals surface area contributed by atoms with Crippen LogP contribution >= 0.6 is 11.6 Å². The van der Waals surface area contributed by atoms with Crippen LogP contribution in [0.5, 0.6) is 0 Å². The maximum Gasteiger partial charge on any atom is 0.328 e. The number of rotatable bonds is 5. The SMILES string of the molecule is CCOC(=O)C1(C(=O)OCC)c2ccccc2C(=O)CC1c1cccnc1Cl. The molecule has 7 heteroatoms. The van der Waals surface area contributed by atoms with E-state index in [1.807, 2.05) is 0 Å². The lowest BCUT2D eigenvalue weighted by atomic mass is 9.60. The third-order valence-corrected chi connectivity index (χ3v) is 5.24. The third-order valence-electron chi connectivity index (χ3n) is 4.92. The Morgan fingerprint density at radius 3 is 2.36 bits per heavy atom. The van der Waals surface area contributed by atoms with Crippen LogP contribution in [0, 0.1) is 0 Å². The number of carbonyl (C=O) groups excluding carboxylic acids is 3. The van der Waals surface area contributed by atoms with Crippen LogP contribution < -0.4 is 0 Å². The van der Waals surface area contributed by atoms with E-state index in [-0.39, 0.29) is 36.1 Å². The molecule has 1 unspecified atom stereocenters. The smallest absolute Gasteiger partial charge is 0.328 e. The molecule has 6 nitrogen and oxygen atoms in total. The summed E-state index contributed by atoms with van der Waals surface area (Å²) in [5, 5.41) is 0.123. The minimum absolute atomic E-state index is 0.0730. The summed E-state index contributed by atoms with van der Waals surface area (Å²) in [6, 6.07) is 9.87. The van der Waals surface area contributed by atoms with Crippen molar-refractivity contribution in [1.82, 2.24) is 4.98 Å². The lowest BCUT2D eigenvalue weighted by Gasteiger charge is -2.40. The summed E-state index contributed by atoms with van der Waals surface area (Å²) in [5.41, 5.74) is -0.843. The fraction of sp³-hybridized carbons (Fsp3) is 0.333. The molecule has 0 amide bonds. The highest BCUT2D eigenvalue weighted by molar-refractivity contribution is 6.30. The molecule has 2 aromatic rings. The zero-order valence-corrected chi connectivity index (χ0v) is 16.4. The van der Waals surface area contributed by atoms with Gasteiger partial charge in [-0.2, -0.15) is 0 Å². The van der Waals surface area contributed by atoms with E-state index in [0.29, 0.717) is 11.1 Å². The number of esters is 2. The second-order valence-electron chi connectivity index (χ2n) is 6.36. The number of ketones is 1. The summed E-state index contributed by atoms with van der Waals surface area (Å²) in [6.45, 7) is 3.46. The zero-order chi connectivity index (χ0) is 20.3. The van der Waals surface area contributed by atoms with Gasteiger partial charge in [0.2, 0.25) is 0 Å². The van der Waals surface area contributed by atoms with Gasteiger partial charge >= 0.3 is 11.9 Å². The highest BCUT2D eigenvalue weighted by atomic mass is 35.5. The Kier molecular flexibility index (Phi) is 5.79. The minimum atomic E-state index is -1.84. The van der Waals surface area contributed by atoms with Gasteiger partial charge in [-0.3, -0.25) is 14.4 Å². The molecule has 0 radical (unpaired) electrons. The minimum Gasteiger partial charge on any atom is -0.465 e. The molecule has 0 aliphatic heterocycles. The molecule has 0 N–H and O–H groups in total. The van der Waals surface area contributed by atoms with Crippen LogP contribution in [0.3, 0.4) is 0 Å². The van der Waals surface area contributed by atoms with Crippen LogP contribution in [-0.2, 0) is 24.5 Å². The Bertz CT molecular complexity index is 909. The summed E-state index contributed by atoms with van der Waals surface area (Å²) in [4.78, 5) is 43.5. The maximum atomic E-state index is 13.3. The number of nitrogens with zero attached hydrogens (tertiary/aromatic N) is 1. The van der Waals surface area contributed by atoms with Crippen molar-refractivity contribution in [2.24, 2.45) is 0 Å². The second kappa shape index (κ2) is 8.10. The number of pyridine rings is 1. The lowest BCUT2D eigenvalue weighted by Crippen LogP contribution is -2.54. The first-order chi connectivity index (χ1) is 13.5. The first kappa shape index (κ1) is 20.0. The molecule has 28 heavy (non-hydrogen) atoms. The van der Waals surface area contributed by atoms with Crippen molar-refractivity contribution in [1.29, 1.82) is 0 Å². The predicted molar refractivity (Wildman–Crippen MR) is 102 cm³/mol. The van der Waals surface area contributed by atoms with Gasteiger partial charge in [-0.05, 0) is 31.0 Å². The Morgan fingerprint density at radius 2 is 1.75 bits per heavy atom. The van der Waals surface area contributed by atoms with E-state index in [4.69, 9.17) is 21.1 Å². The number of carbonyl (C=O) groups is 3. The molecule has 1 aromatic heterocycles. The number of aromatic nitrogens is 1. The lowest BCUT2D eigenvalue weighted by molar-refractivity contribution is -0.166. The molecule has 146 valence electrons. The molecular weight excluding hydrogens is 382 g/mol. The van der Waals surface area contributed by atoms with E-state index in [2.05, 4.69) is 4.98 Å². The van der Waals surface area contributed by atoms with Gasteiger partial charge in [0.25, 0.3) is 0 Å². The number of hydrogen-bond donors (Lipinski definition) is 0. The molecule has 0 saturated heterocycles. The number of benzene rings is 1. The summed E-state index contributed by atoms with van der Waals surface area (Å²) >= 11 is 6.30. The van der Waals surface area contributed by atoms with E-state index in [1.165, 1.54) is 6.20 Å². The molecule has 0 saturated carbocycles. The van der Waals surface area contributed by atoms with Crippen molar-refractivity contribution in [3.8, 4) is 0 Å². The van der Waals surface area contributed by atoms with Gasteiger partial charge in [-0.15, -0.1) is 0 Å². The second-order valence-corrected chi connectivity index (χ2v) is 6.72. The van der Waals surface area contributed by atoms with Crippen molar-refractivity contribution in [3.05, 3.63) is 64.4 Å². The Labute approximate surface area is 167 Å². The molecule has 1 aromatic carbocycles. The number of fused-ring (bicyclic) bond motifs is 1. The molecule has 1 atom stereocenters. The molecule has 1 heterocycles. The van der Waals surface area contributed by atoms with Crippen LogP contribution in [0.2, 0.25) is 5.15 Å². The van der Waals surface area contributed by atoms with Crippen molar-refractivity contribution in [3.63, 3.8) is 0 Å². The summed E-state index contributed by atoms with van der Waals surface area (Å²) < 4.78 is 10.6. The average molecular weight is 402 g/mol. The molecule has 0 fully saturated rings. The van der Waals surface area contributed by atoms with Crippen molar-refractivity contribution >= 4 is 29.3 Å². The zero-order valence-electron chi connectivity index (χ0n) is 15.6. The van der Waals surface area contributed by atoms with E-state index in [1.54, 1.807) is 50.2 Å². The van der Waals surface area contributed by atoms with Crippen LogP contribution in [0.4, 0.5) is 0 Å². The number of ether oxygens (including phenoxy) is 2. The van der Waals surface area contributed by atoms with Crippen molar-refractivity contribution in [2.45, 2.75) is 31.6 Å². The van der Waals surface area contributed by atoms with Crippen molar-refractivity contribution in [2.75, 3.05) is 13.2 Å². The fourth-order valence-corrected chi connectivity index (χ4v) is 4.04. The maximum absolute atomic E-state index is 13.3. The highest BCUT2D eigenvalue weighted by Crippen LogP contribution is 2.50. The van der Waals surface area contributed by atoms with Gasteiger partial charge in [-0.1, -0.05) is 41.9 Å². The van der Waals surface area contributed by atoms with Gasteiger partial charge in [0.15, 0.2) is 11.2 Å². The standard InChI is InChI=1S/C21H20ClNO5/c1-3-27-19(25)21(20(26)28-4-2)15-10-6-5-8-13(15)17(24)12-16(21)14-9-7-11-23-18(14)22/h5-11,16H,3-4,12H2,1-2H3. The van der Waals surface area contributed by atoms with Gasteiger partial charge in [0, 0.05) is 24.1 Å². The normalized spacial score (nSPS) is 17.5. The van der Waals surface area contributed by atoms with Crippen molar-refractivity contribution < 1.29 is 23.9 Å². The predicted octanol–water partition coefficient (Wildman–Crippen LogP) is 3.47. The van der Waals surface area contributed by atoms with Crippen LogP contribution in [0.1, 0.15) is 47.7 Å². The van der Waals surface area contributed by atoms with Crippen LogP contribution in [0.15, 0.2) is 42.6 Å². The summed E-state index contributed by atoms with van der Waals surface area (Å²) in [7, 11) is 0. The van der Waals surface area contributed by atoms with E-state index >= 15 is 0 Å². The first-order valence-electron chi connectivity index (χ1n) is 9.05. The van der Waals surface area contributed by atoms with Crippen LogP contribution in [-0.4, -0.2) is 35.9 Å². The molecule has 0 spiro atoms. The molecule has 1 aliphatic carbocycles. The average Bonchev–Trinajstić information content (AvgIpc) is 2.69. The molecule has 3 rings (SSSR count). The van der Waals surface area contributed by atoms with E-state index in [9.17, 15) is 14.4 Å². The largest absolute Gasteiger partial charge is 0.465 e. The number of Topliss-reactive ketones (excluding diaryl/α,β-unsaturated/α-hetero) is 1. The summed E-state index contributed by atoms with van der Waals surface area (Å²) in [6.07, 6.45) is 1.40. The van der Waals surface area contributed by atoms with E-state index < -0.39 is 23.3 Å². The topological polar surface area (TPSA) is 82.6 Å².